The minimum Gasteiger partial charge on any atom is -0.465 e. The number of hydrogen-bond acceptors (Lipinski definition) is 5. The maximum absolute atomic E-state index is 12.5. The van der Waals surface area contributed by atoms with E-state index in [4.69, 9.17) is 16.3 Å². The smallest absolute Gasteiger partial charge is 0.337 e. The van der Waals surface area contributed by atoms with Crippen molar-refractivity contribution in [3.8, 4) is 0 Å². The van der Waals surface area contributed by atoms with E-state index in [1.54, 1.807) is 18.2 Å². The Balaban J connectivity index is 2.16. The Morgan fingerprint density at radius 3 is 2.33 bits per heavy atom. The second-order valence-corrected chi connectivity index (χ2v) is 5.88. The predicted octanol–water partition coefficient (Wildman–Crippen LogP) is 2.76. The second-order valence-electron chi connectivity index (χ2n) is 5.47. The fraction of sp³-hybridized carbons (Fsp3) is 0.211. The van der Waals surface area contributed by atoms with Gasteiger partial charge < -0.3 is 20.1 Å². The molecular weight excluding hydrogens is 372 g/mol. The van der Waals surface area contributed by atoms with Crippen LogP contribution >= 0.6 is 11.6 Å². The largest absolute Gasteiger partial charge is 0.465 e. The van der Waals surface area contributed by atoms with Crippen LogP contribution in [0, 0.1) is 0 Å². The topological polar surface area (TPSA) is 93.7 Å². The molecule has 0 radical (unpaired) electrons. The van der Waals surface area contributed by atoms with Crippen molar-refractivity contribution in [2.75, 3.05) is 32.7 Å². The lowest BCUT2D eigenvalue weighted by Crippen LogP contribution is -2.27. The molecule has 0 aliphatic carbocycles. The highest BCUT2D eigenvalue weighted by molar-refractivity contribution is 6.34. The minimum absolute atomic E-state index is 0.253. The van der Waals surface area contributed by atoms with Gasteiger partial charge in [0.1, 0.15) is 0 Å². The van der Waals surface area contributed by atoms with Crippen LogP contribution in [0.4, 0.5) is 5.69 Å². The Morgan fingerprint density at radius 2 is 1.67 bits per heavy atom. The van der Waals surface area contributed by atoms with Crippen LogP contribution in [-0.2, 0) is 9.47 Å². The molecule has 0 bridgehead atoms. The van der Waals surface area contributed by atoms with Crippen LogP contribution in [0.2, 0.25) is 5.02 Å². The van der Waals surface area contributed by atoms with Gasteiger partial charge in [0.05, 0.1) is 30.0 Å². The first-order valence-electron chi connectivity index (χ1n) is 8.02. The predicted molar refractivity (Wildman–Crippen MR) is 101 cm³/mol. The summed E-state index contributed by atoms with van der Waals surface area (Å²) in [6.07, 6.45) is 0. The number of amides is 2. The molecular formula is C19H19ClN2O5. The number of carbonyl (C=O) groups excluding carboxylic acids is 3. The highest BCUT2D eigenvalue weighted by Gasteiger charge is 2.14. The van der Waals surface area contributed by atoms with Gasteiger partial charge in [0, 0.05) is 24.8 Å². The average Bonchev–Trinajstić information content (AvgIpc) is 2.69. The molecule has 0 aliphatic rings. The van der Waals surface area contributed by atoms with Crippen molar-refractivity contribution in [3.05, 3.63) is 64.2 Å². The van der Waals surface area contributed by atoms with Crippen LogP contribution in [-0.4, -0.2) is 45.2 Å². The molecule has 2 rings (SSSR count). The van der Waals surface area contributed by atoms with Gasteiger partial charge in [0.2, 0.25) is 0 Å². The second kappa shape index (κ2) is 9.70. The summed E-state index contributed by atoms with van der Waals surface area (Å²) in [6.45, 7) is 0.753. The van der Waals surface area contributed by atoms with Crippen LogP contribution in [0.1, 0.15) is 31.1 Å². The van der Waals surface area contributed by atoms with Gasteiger partial charge in [-0.3, -0.25) is 9.59 Å². The highest BCUT2D eigenvalue weighted by Crippen LogP contribution is 2.24. The zero-order valence-corrected chi connectivity index (χ0v) is 15.6. The van der Waals surface area contributed by atoms with Crippen molar-refractivity contribution in [1.82, 2.24) is 5.32 Å². The Morgan fingerprint density at radius 1 is 0.963 bits per heavy atom. The fourth-order valence-corrected chi connectivity index (χ4v) is 2.40. The lowest BCUT2D eigenvalue weighted by Gasteiger charge is -2.10. The standard InChI is InChI=1S/C19H19ClN2O5/c1-26-9-8-21-17(23)12-4-3-5-13(10-12)18(24)22-16-11-14(19(25)27-2)6-7-15(16)20/h3-7,10-11H,8-9H2,1-2H3,(H,21,23)(H,22,24). The maximum Gasteiger partial charge on any atom is 0.337 e. The van der Waals surface area contributed by atoms with Gasteiger partial charge in [-0.15, -0.1) is 0 Å². The van der Waals surface area contributed by atoms with Crippen molar-refractivity contribution in [3.63, 3.8) is 0 Å². The number of rotatable bonds is 7. The lowest BCUT2D eigenvalue weighted by molar-refractivity contribution is 0.0600. The normalized spacial score (nSPS) is 10.2. The molecule has 2 aromatic rings. The number of carbonyl (C=O) groups is 3. The third-order valence-electron chi connectivity index (χ3n) is 3.61. The van der Waals surface area contributed by atoms with Crippen molar-refractivity contribution >= 4 is 35.1 Å². The van der Waals surface area contributed by atoms with Crippen molar-refractivity contribution in [1.29, 1.82) is 0 Å². The van der Waals surface area contributed by atoms with Gasteiger partial charge in [-0.2, -0.15) is 0 Å². The number of methoxy groups -OCH3 is 2. The van der Waals surface area contributed by atoms with Gasteiger partial charge >= 0.3 is 5.97 Å². The number of anilines is 1. The molecule has 7 nitrogen and oxygen atoms in total. The molecule has 0 spiro atoms. The molecule has 27 heavy (non-hydrogen) atoms. The van der Waals surface area contributed by atoms with Crippen molar-refractivity contribution in [2.45, 2.75) is 0 Å². The van der Waals surface area contributed by atoms with E-state index in [1.807, 2.05) is 0 Å². The molecule has 0 fully saturated rings. The molecule has 0 saturated heterocycles. The van der Waals surface area contributed by atoms with Crippen molar-refractivity contribution < 1.29 is 23.9 Å². The van der Waals surface area contributed by atoms with Gasteiger partial charge in [-0.1, -0.05) is 17.7 Å². The van der Waals surface area contributed by atoms with Gasteiger partial charge in [-0.25, -0.2) is 4.79 Å². The van der Waals surface area contributed by atoms with Gasteiger partial charge in [0.15, 0.2) is 0 Å². The number of benzene rings is 2. The van der Waals surface area contributed by atoms with E-state index in [9.17, 15) is 14.4 Å². The number of nitrogens with one attached hydrogen (secondary N) is 2. The van der Waals surface area contributed by atoms with E-state index in [2.05, 4.69) is 15.4 Å². The van der Waals surface area contributed by atoms with Crippen LogP contribution in [0.25, 0.3) is 0 Å². The molecule has 2 N–H and O–H groups in total. The summed E-state index contributed by atoms with van der Waals surface area (Å²) in [4.78, 5) is 36.2. The Labute approximate surface area is 161 Å². The Kier molecular flexibility index (Phi) is 7.34. The molecule has 0 saturated carbocycles. The summed E-state index contributed by atoms with van der Waals surface area (Å²) in [6, 6.07) is 10.6. The van der Waals surface area contributed by atoms with E-state index in [0.29, 0.717) is 18.7 Å². The first-order valence-corrected chi connectivity index (χ1v) is 8.40. The van der Waals surface area contributed by atoms with Crippen molar-refractivity contribution in [2.24, 2.45) is 0 Å². The summed E-state index contributed by atoms with van der Waals surface area (Å²) in [5, 5.41) is 5.59. The lowest BCUT2D eigenvalue weighted by atomic mass is 10.1. The summed E-state index contributed by atoms with van der Waals surface area (Å²) < 4.78 is 9.53. The number of halogens is 1. The summed E-state index contributed by atoms with van der Waals surface area (Å²) >= 11 is 6.09. The number of hydrogen-bond donors (Lipinski definition) is 2. The van der Waals surface area contributed by atoms with Crippen LogP contribution < -0.4 is 10.6 Å². The first kappa shape index (κ1) is 20.4. The van der Waals surface area contributed by atoms with E-state index in [-0.39, 0.29) is 27.7 Å². The molecule has 0 atom stereocenters. The number of ether oxygens (including phenoxy) is 2. The van der Waals surface area contributed by atoms with E-state index < -0.39 is 11.9 Å². The summed E-state index contributed by atoms with van der Waals surface area (Å²) in [7, 11) is 2.80. The zero-order valence-electron chi connectivity index (χ0n) is 14.9. The molecule has 0 aliphatic heterocycles. The first-order chi connectivity index (χ1) is 13.0. The monoisotopic (exact) mass is 390 g/mol. The third kappa shape index (κ3) is 5.54. The Bertz CT molecular complexity index is 854. The van der Waals surface area contributed by atoms with Crippen LogP contribution in [0.15, 0.2) is 42.5 Å². The fourth-order valence-electron chi connectivity index (χ4n) is 2.23. The molecule has 142 valence electrons. The van der Waals surface area contributed by atoms with Gasteiger partial charge in [0.25, 0.3) is 11.8 Å². The van der Waals surface area contributed by atoms with E-state index in [1.165, 1.54) is 38.5 Å². The van der Waals surface area contributed by atoms with Crippen LogP contribution in [0.3, 0.4) is 0 Å². The average molecular weight is 391 g/mol. The maximum atomic E-state index is 12.5. The molecule has 0 aromatic heterocycles. The SMILES string of the molecule is COCCNC(=O)c1cccc(C(=O)Nc2cc(C(=O)OC)ccc2Cl)c1. The zero-order chi connectivity index (χ0) is 19.8. The molecule has 8 heteroatoms. The van der Waals surface area contributed by atoms with E-state index >= 15 is 0 Å². The third-order valence-corrected chi connectivity index (χ3v) is 3.94. The van der Waals surface area contributed by atoms with E-state index in [0.717, 1.165) is 0 Å². The van der Waals surface area contributed by atoms with Gasteiger partial charge in [-0.05, 0) is 36.4 Å². The molecule has 0 heterocycles. The quantitative estimate of drug-likeness (QED) is 0.560. The highest BCUT2D eigenvalue weighted by atomic mass is 35.5. The number of esters is 1. The summed E-state index contributed by atoms with van der Waals surface area (Å²) in [5.74, 6) is -1.32. The Hall–Kier alpha value is -2.90. The summed E-state index contributed by atoms with van der Waals surface area (Å²) in [5.41, 5.74) is 1.13. The van der Waals surface area contributed by atoms with Crippen LogP contribution in [0.5, 0.6) is 0 Å². The molecule has 2 amide bonds. The minimum atomic E-state index is -0.545. The molecule has 0 unspecified atom stereocenters. The molecule has 2 aromatic carbocycles.